The van der Waals surface area contributed by atoms with Crippen molar-refractivity contribution in [1.82, 2.24) is 9.55 Å². The first-order chi connectivity index (χ1) is 16.3. The lowest BCUT2D eigenvalue weighted by molar-refractivity contribution is 0.187. The summed E-state index contributed by atoms with van der Waals surface area (Å²) in [6, 6.07) is 10.7. The number of fused-ring (bicyclic) bond motifs is 1. The van der Waals surface area contributed by atoms with Gasteiger partial charge in [-0.15, -0.1) is 0 Å². The van der Waals surface area contributed by atoms with Gasteiger partial charge in [0.25, 0.3) is 5.56 Å². The molecule has 1 fully saturated rings. The third-order valence-electron chi connectivity index (χ3n) is 7.58. The number of halogens is 2. The van der Waals surface area contributed by atoms with Gasteiger partial charge in [-0.2, -0.15) is 0 Å². The van der Waals surface area contributed by atoms with Crippen LogP contribution in [0.15, 0.2) is 41.2 Å². The fourth-order valence-corrected chi connectivity index (χ4v) is 5.64. The van der Waals surface area contributed by atoms with Gasteiger partial charge < -0.3 is 15.4 Å². The number of benzene rings is 2. The number of aryl methyl sites for hydroxylation is 1. The molecule has 1 saturated heterocycles. The zero-order chi connectivity index (χ0) is 24.2. The minimum absolute atomic E-state index is 0.00562. The van der Waals surface area contributed by atoms with Gasteiger partial charge >= 0.3 is 0 Å². The summed E-state index contributed by atoms with van der Waals surface area (Å²) in [5, 5.41) is 0. The zero-order valence-corrected chi connectivity index (χ0v) is 19.6. The first-order valence-electron chi connectivity index (χ1n) is 11.5. The summed E-state index contributed by atoms with van der Waals surface area (Å²) in [6.45, 7) is 4.81. The second kappa shape index (κ2) is 8.20. The number of ether oxygens (including phenoxy) is 1. The van der Waals surface area contributed by atoms with Crippen molar-refractivity contribution in [3.05, 3.63) is 80.9 Å². The highest BCUT2D eigenvalue weighted by atomic mass is 19.1. The first-order valence-corrected chi connectivity index (χ1v) is 11.5. The van der Waals surface area contributed by atoms with E-state index >= 15 is 0 Å². The van der Waals surface area contributed by atoms with Crippen molar-refractivity contribution in [2.45, 2.75) is 39.2 Å². The van der Waals surface area contributed by atoms with Crippen LogP contribution in [0.3, 0.4) is 0 Å². The summed E-state index contributed by atoms with van der Waals surface area (Å²) >= 11 is 0. The van der Waals surface area contributed by atoms with Crippen LogP contribution in [0.1, 0.15) is 41.4 Å². The molecule has 0 unspecified atom stereocenters. The van der Waals surface area contributed by atoms with Gasteiger partial charge in [0.1, 0.15) is 11.6 Å². The smallest absolute Gasteiger partial charge is 0.263 e. The molecule has 1 aromatic heterocycles. The van der Waals surface area contributed by atoms with Gasteiger partial charge in [0.15, 0.2) is 17.4 Å². The van der Waals surface area contributed by atoms with E-state index in [0.717, 1.165) is 38.4 Å². The number of nitrogens with two attached hydrogens (primary N) is 1. The first kappa shape index (κ1) is 22.5. The Labute approximate surface area is 197 Å². The van der Waals surface area contributed by atoms with E-state index in [4.69, 9.17) is 10.5 Å². The lowest BCUT2D eigenvalue weighted by Crippen LogP contribution is -2.45. The molecule has 0 saturated carbocycles. The average Bonchev–Trinajstić information content (AvgIpc) is 3.10. The number of hydrogen-bond donors (Lipinski definition) is 1. The molecule has 5 rings (SSSR count). The van der Waals surface area contributed by atoms with E-state index in [2.05, 4.69) is 28.1 Å². The molecule has 2 aromatic carbocycles. The molecule has 0 bridgehead atoms. The van der Waals surface area contributed by atoms with E-state index < -0.39 is 17.4 Å². The molecule has 8 heteroatoms. The molecule has 0 radical (unpaired) electrons. The Morgan fingerprint density at radius 1 is 1.12 bits per heavy atom. The molecule has 178 valence electrons. The summed E-state index contributed by atoms with van der Waals surface area (Å²) in [4.78, 5) is 20.1. The van der Waals surface area contributed by atoms with E-state index in [1.165, 1.54) is 28.9 Å². The molecule has 3 aromatic rings. The van der Waals surface area contributed by atoms with Gasteiger partial charge in [-0.1, -0.05) is 24.3 Å². The highest BCUT2D eigenvalue weighted by molar-refractivity contribution is 5.50. The molecule has 6 nitrogen and oxygen atoms in total. The summed E-state index contributed by atoms with van der Waals surface area (Å²) in [5.41, 5.74) is 9.22. The van der Waals surface area contributed by atoms with Crippen LogP contribution in [0.2, 0.25) is 0 Å². The number of methoxy groups -OCH3 is 1. The van der Waals surface area contributed by atoms with Gasteiger partial charge in [-0.05, 0) is 61.8 Å². The second-order valence-electron chi connectivity index (χ2n) is 9.36. The minimum atomic E-state index is -0.934. The third-order valence-corrected chi connectivity index (χ3v) is 7.58. The van der Waals surface area contributed by atoms with Crippen molar-refractivity contribution >= 4 is 5.82 Å². The molecule has 34 heavy (non-hydrogen) atoms. The summed E-state index contributed by atoms with van der Waals surface area (Å²) in [7, 11) is 1.19. The maximum Gasteiger partial charge on any atom is 0.263 e. The molecular weight excluding hydrogens is 438 g/mol. The van der Waals surface area contributed by atoms with E-state index in [1.807, 2.05) is 6.07 Å². The van der Waals surface area contributed by atoms with Crippen LogP contribution < -0.4 is 20.9 Å². The quantitative estimate of drug-likeness (QED) is 0.632. The van der Waals surface area contributed by atoms with Crippen molar-refractivity contribution in [3.8, 4) is 11.4 Å². The average molecular weight is 467 g/mol. The van der Waals surface area contributed by atoms with Crippen LogP contribution in [0.25, 0.3) is 5.69 Å². The van der Waals surface area contributed by atoms with Crippen molar-refractivity contribution in [3.63, 3.8) is 0 Å². The van der Waals surface area contributed by atoms with Crippen molar-refractivity contribution < 1.29 is 13.5 Å². The summed E-state index contributed by atoms with van der Waals surface area (Å²) in [5.74, 6) is -1.36. The zero-order valence-electron chi connectivity index (χ0n) is 19.6. The number of rotatable bonds is 3. The molecule has 1 atom stereocenters. The van der Waals surface area contributed by atoms with E-state index in [0.29, 0.717) is 17.2 Å². The lowest BCUT2D eigenvalue weighted by atomic mass is 9.73. The number of piperidine rings is 1. The Hall–Kier alpha value is -3.26. The molecule has 2 heterocycles. The molecule has 0 amide bonds. The maximum atomic E-state index is 14.9. The fraction of sp³-hybridized carbons (Fsp3) is 0.385. The van der Waals surface area contributed by atoms with Crippen molar-refractivity contribution in [2.24, 2.45) is 11.1 Å². The fourth-order valence-electron chi connectivity index (χ4n) is 5.64. The maximum absolute atomic E-state index is 14.9. The largest absolute Gasteiger partial charge is 0.491 e. The normalized spacial score (nSPS) is 18.9. The lowest BCUT2D eigenvalue weighted by Gasteiger charge is -2.43. The standard InChI is InChI=1S/C26H28F2N4O2/c1-15-24(30-16(2)32(25(15)33)20-9-8-19(27)22(34-3)21(20)28)31-12-10-26(11-13-31)14-17-6-4-5-7-18(17)23(26)29/h4-9,23H,10-14,29H2,1-3H3/t23-/m1/s1. The van der Waals surface area contributed by atoms with Crippen molar-refractivity contribution in [1.29, 1.82) is 0 Å². The van der Waals surface area contributed by atoms with Gasteiger partial charge in [0.2, 0.25) is 0 Å². The van der Waals surface area contributed by atoms with Crippen LogP contribution in [0.5, 0.6) is 5.75 Å². The Morgan fingerprint density at radius 3 is 2.50 bits per heavy atom. The summed E-state index contributed by atoms with van der Waals surface area (Å²) in [6.07, 6.45) is 2.77. The monoisotopic (exact) mass is 466 g/mol. The predicted octanol–water partition coefficient (Wildman–Crippen LogP) is 3.98. The van der Waals surface area contributed by atoms with E-state index in [-0.39, 0.29) is 22.7 Å². The molecule has 1 aliphatic heterocycles. The van der Waals surface area contributed by atoms with Crippen molar-refractivity contribution in [2.75, 3.05) is 25.1 Å². The molecular formula is C26H28F2N4O2. The highest BCUT2D eigenvalue weighted by Crippen LogP contribution is 2.51. The molecule has 1 spiro atoms. The molecule has 1 aliphatic carbocycles. The third kappa shape index (κ3) is 3.31. The topological polar surface area (TPSA) is 73.4 Å². The van der Waals surface area contributed by atoms with Gasteiger partial charge in [-0.25, -0.2) is 13.8 Å². The van der Waals surface area contributed by atoms with Crippen LogP contribution in [0, 0.1) is 30.9 Å². The predicted molar refractivity (Wildman–Crippen MR) is 127 cm³/mol. The SMILES string of the molecule is COc1c(F)ccc(-n2c(C)nc(N3CCC4(CC3)Cc3ccccc3[C@H]4N)c(C)c2=O)c1F. The van der Waals surface area contributed by atoms with Gasteiger partial charge in [0.05, 0.1) is 18.4 Å². The van der Waals surface area contributed by atoms with Gasteiger partial charge in [0, 0.05) is 19.1 Å². The van der Waals surface area contributed by atoms with Crippen LogP contribution in [0.4, 0.5) is 14.6 Å². The second-order valence-corrected chi connectivity index (χ2v) is 9.36. The van der Waals surface area contributed by atoms with Crippen LogP contribution >= 0.6 is 0 Å². The highest BCUT2D eigenvalue weighted by Gasteiger charge is 2.46. The number of hydrogen-bond acceptors (Lipinski definition) is 5. The minimum Gasteiger partial charge on any atom is -0.491 e. The Bertz CT molecular complexity index is 1330. The number of anilines is 1. The Kier molecular flexibility index (Phi) is 5.43. The molecule has 2 aliphatic rings. The van der Waals surface area contributed by atoms with Gasteiger partial charge in [-0.3, -0.25) is 9.36 Å². The van der Waals surface area contributed by atoms with E-state index in [1.54, 1.807) is 13.8 Å². The molecule has 2 N–H and O–H groups in total. The Balaban J connectivity index is 1.45. The number of aromatic nitrogens is 2. The van der Waals surface area contributed by atoms with E-state index in [9.17, 15) is 13.6 Å². The summed E-state index contributed by atoms with van der Waals surface area (Å²) < 4.78 is 34.8. The Morgan fingerprint density at radius 2 is 1.82 bits per heavy atom. The van der Waals surface area contributed by atoms with Crippen LogP contribution in [-0.4, -0.2) is 29.8 Å². The van der Waals surface area contributed by atoms with Crippen LogP contribution in [-0.2, 0) is 6.42 Å². The number of nitrogens with zero attached hydrogens (tertiary/aromatic N) is 3.